The number of rotatable bonds is 5. The van der Waals surface area contributed by atoms with Gasteiger partial charge in [-0.1, -0.05) is 36.4 Å². The van der Waals surface area contributed by atoms with E-state index in [1.54, 1.807) is 6.07 Å². The molecule has 2 atom stereocenters. The predicted molar refractivity (Wildman–Crippen MR) is 145 cm³/mol. The number of phenolic OH excluding ortho intramolecular Hbond substituents is 1. The number of carbonyl (C=O) groups is 1. The summed E-state index contributed by atoms with van der Waals surface area (Å²) in [5, 5.41) is 18.5. The number of nitrogens with one attached hydrogen (secondary N) is 1. The minimum atomic E-state index is 0.0922. The standard InChI is InChI=1S/C30H33N5O2/c1-20-17-32-35-28(16-26(33-29(20)35)25-10-4-5-11-27(25)36)31-18-21-7-6-14-34(19-21)30(37)24-13-12-22-8-2-3-9-23(22)15-24/h2-5,8-11,16-17,21,24,31,36H,6-7,12-15,18-19H2,1H3. The van der Waals surface area contributed by atoms with Gasteiger partial charge < -0.3 is 15.3 Å². The number of phenols is 1. The maximum atomic E-state index is 13.5. The zero-order chi connectivity index (χ0) is 25.4. The van der Waals surface area contributed by atoms with Crippen molar-refractivity contribution in [3.63, 3.8) is 0 Å². The zero-order valence-corrected chi connectivity index (χ0v) is 21.2. The van der Waals surface area contributed by atoms with E-state index in [-0.39, 0.29) is 11.7 Å². The third-order valence-corrected chi connectivity index (χ3v) is 7.93. The number of aromatic nitrogens is 3. The molecule has 37 heavy (non-hydrogen) atoms. The Kier molecular flexibility index (Phi) is 6.28. The Balaban J connectivity index is 1.16. The van der Waals surface area contributed by atoms with E-state index in [9.17, 15) is 9.90 Å². The lowest BCUT2D eigenvalue weighted by Crippen LogP contribution is -2.45. The van der Waals surface area contributed by atoms with Gasteiger partial charge in [0.05, 0.1) is 11.9 Å². The van der Waals surface area contributed by atoms with Crippen LogP contribution in [0.25, 0.3) is 16.9 Å². The van der Waals surface area contributed by atoms with Gasteiger partial charge in [0.15, 0.2) is 5.65 Å². The SMILES string of the molecule is Cc1cnn2c(NCC3CCCN(C(=O)C4CCc5ccccc5C4)C3)cc(-c3ccccc3O)nc12. The van der Waals surface area contributed by atoms with Crippen molar-refractivity contribution in [2.45, 2.75) is 39.0 Å². The number of anilines is 1. The van der Waals surface area contributed by atoms with Crippen molar-refractivity contribution in [1.29, 1.82) is 0 Å². The number of para-hydroxylation sites is 1. The Labute approximate surface area is 217 Å². The monoisotopic (exact) mass is 495 g/mol. The number of amides is 1. The molecule has 1 amide bonds. The molecule has 190 valence electrons. The average Bonchev–Trinajstić information content (AvgIpc) is 3.32. The van der Waals surface area contributed by atoms with Gasteiger partial charge in [-0.15, -0.1) is 0 Å². The Morgan fingerprint density at radius 2 is 1.92 bits per heavy atom. The van der Waals surface area contributed by atoms with Crippen LogP contribution in [0.5, 0.6) is 5.75 Å². The topological polar surface area (TPSA) is 82.8 Å². The number of aromatic hydroxyl groups is 1. The van der Waals surface area contributed by atoms with Crippen LogP contribution in [0.1, 0.15) is 36.0 Å². The van der Waals surface area contributed by atoms with Crippen LogP contribution in [0.3, 0.4) is 0 Å². The van der Waals surface area contributed by atoms with Gasteiger partial charge in [-0.3, -0.25) is 4.79 Å². The highest BCUT2D eigenvalue weighted by Gasteiger charge is 2.31. The first-order chi connectivity index (χ1) is 18.1. The Morgan fingerprint density at radius 3 is 2.78 bits per heavy atom. The van der Waals surface area contributed by atoms with E-state index in [2.05, 4.69) is 39.6 Å². The van der Waals surface area contributed by atoms with E-state index < -0.39 is 0 Å². The van der Waals surface area contributed by atoms with E-state index >= 15 is 0 Å². The van der Waals surface area contributed by atoms with Gasteiger partial charge in [0.1, 0.15) is 11.6 Å². The van der Waals surface area contributed by atoms with E-state index in [1.807, 2.05) is 41.9 Å². The number of nitrogens with zero attached hydrogens (tertiary/aromatic N) is 4. The summed E-state index contributed by atoms with van der Waals surface area (Å²) in [6.45, 7) is 4.36. The van der Waals surface area contributed by atoms with Crippen LogP contribution in [0.2, 0.25) is 0 Å². The molecule has 2 aromatic carbocycles. The number of carbonyl (C=O) groups excluding carboxylic acids is 1. The van der Waals surface area contributed by atoms with Crippen molar-refractivity contribution < 1.29 is 9.90 Å². The number of likely N-dealkylation sites (tertiary alicyclic amines) is 1. The maximum Gasteiger partial charge on any atom is 0.226 e. The summed E-state index contributed by atoms with van der Waals surface area (Å²) in [5.74, 6) is 1.81. The molecule has 1 fully saturated rings. The minimum absolute atomic E-state index is 0.0922. The van der Waals surface area contributed by atoms with Gasteiger partial charge in [0, 0.05) is 42.7 Å². The van der Waals surface area contributed by atoms with Crippen molar-refractivity contribution in [3.8, 4) is 17.0 Å². The average molecular weight is 496 g/mol. The van der Waals surface area contributed by atoms with Gasteiger partial charge in [0.2, 0.25) is 5.91 Å². The molecule has 1 saturated heterocycles. The summed E-state index contributed by atoms with van der Waals surface area (Å²) >= 11 is 0. The van der Waals surface area contributed by atoms with Gasteiger partial charge in [0.25, 0.3) is 0 Å². The highest BCUT2D eigenvalue weighted by molar-refractivity contribution is 5.79. The summed E-state index contributed by atoms with van der Waals surface area (Å²) in [5.41, 5.74) is 5.86. The van der Waals surface area contributed by atoms with E-state index in [0.717, 1.165) is 68.8 Å². The van der Waals surface area contributed by atoms with E-state index in [1.165, 1.54) is 11.1 Å². The van der Waals surface area contributed by atoms with Crippen LogP contribution in [0, 0.1) is 18.8 Å². The molecule has 7 nitrogen and oxygen atoms in total. The number of aryl methyl sites for hydroxylation is 2. The molecule has 1 aliphatic carbocycles. The molecule has 3 heterocycles. The van der Waals surface area contributed by atoms with Gasteiger partial charge in [-0.25, -0.2) is 4.98 Å². The summed E-state index contributed by atoms with van der Waals surface area (Å²) in [6.07, 6.45) is 6.72. The molecule has 7 heteroatoms. The van der Waals surface area contributed by atoms with Crippen LogP contribution >= 0.6 is 0 Å². The fraction of sp³-hybridized carbons (Fsp3) is 0.367. The van der Waals surface area contributed by atoms with Gasteiger partial charge >= 0.3 is 0 Å². The Hall–Kier alpha value is -3.87. The summed E-state index contributed by atoms with van der Waals surface area (Å²) < 4.78 is 1.82. The lowest BCUT2D eigenvalue weighted by molar-refractivity contribution is -0.137. The quantitative estimate of drug-likeness (QED) is 0.413. The third kappa shape index (κ3) is 4.66. The molecule has 1 aliphatic heterocycles. The molecular formula is C30H33N5O2. The second kappa shape index (κ2) is 9.88. The number of hydrogen-bond acceptors (Lipinski definition) is 5. The van der Waals surface area contributed by atoms with Crippen LogP contribution in [0.4, 0.5) is 5.82 Å². The first-order valence-corrected chi connectivity index (χ1v) is 13.3. The third-order valence-electron chi connectivity index (χ3n) is 7.93. The Bertz CT molecular complexity index is 1450. The molecule has 6 rings (SSSR count). The lowest BCUT2D eigenvalue weighted by atomic mass is 9.82. The number of piperidine rings is 1. The molecule has 2 unspecified atom stereocenters. The summed E-state index contributed by atoms with van der Waals surface area (Å²) in [4.78, 5) is 20.3. The van der Waals surface area contributed by atoms with Crippen molar-refractivity contribution in [3.05, 3.63) is 77.5 Å². The van der Waals surface area contributed by atoms with Crippen molar-refractivity contribution in [2.75, 3.05) is 25.0 Å². The van der Waals surface area contributed by atoms with Crippen molar-refractivity contribution in [1.82, 2.24) is 19.5 Å². The molecule has 0 bridgehead atoms. The van der Waals surface area contributed by atoms with Crippen LogP contribution < -0.4 is 5.32 Å². The smallest absolute Gasteiger partial charge is 0.226 e. The van der Waals surface area contributed by atoms with Crippen LogP contribution in [-0.4, -0.2) is 50.1 Å². The normalized spacial score (nSPS) is 19.5. The number of benzene rings is 2. The summed E-state index contributed by atoms with van der Waals surface area (Å²) in [6, 6.07) is 17.7. The molecule has 2 N–H and O–H groups in total. The number of fused-ring (bicyclic) bond motifs is 2. The lowest BCUT2D eigenvalue weighted by Gasteiger charge is -2.36. The van der Waals surface area contributed by atoms with Crippen LogP contribution in [-0.2, 0) is 17.6 Å². The van der Waals surface area contributed by atoms with E-state index in [4.69, 9.17) is 4.98 Å². The van der Waals surface area contributed by atoms with E-state index in [0.29, 0.717) is 23.1 Å². The molecule has 2 aromatic heterocycles. The Morgan fingerprint density at radius 1 is 1.11 bits per heavy atom. The minimum Gasteiger partial charge on any atom is -0.507 e. The molecular weight excluding hydrogens is 462 g/mol. The fourth-order valence-electron chi connectivity index (χ4n) is 5.87. The van der Waals surface area contributed by atoms with Gasteiger partial charge in [-0.05, 0) is 68.2 Å². The van der Waals surface area contributed by atoms with Gasteiger partial charge in [-0.2, -0.15) is 9.61 Å². The molecule has 0 saturated carbocycles. The summed E-state index contributed by atoms with van der Waals surface area (Å²) in [7, 11) is 0. The second-order valence-electron chi connectivity index (χ2n) is 10.5. The first kappa shape index (κ1) is 23.5. The van der Waals surface area contributed by atoms with Crippen molar-refractivity contribution >= 4 is 17.4 Å². The maximum absolute atomic E-state index is 13.5. The highest BCUT2D eigenvalue weighted by Crippen LogP contribution is 2.31. The second-order valence-corrected chi connectivity index (χ2v) is 10.5. The largest absolute Gasteiger partial charge is 0.507 e. The predicted octanol–water partition coefficient (Wildman–Crippen LogP) is 4.87. The number of hydrogen-bond donors (Lipinski definition) is 2. The highest BCUT2D eigenvalue weighted by atomic mass is 16.3. The molecule has 2 aliphatic rings. The van der Waals surface area contributed by atoms with Crippen LogP contribution in [0.15, 0.2) is 60.8 Å². The zero-order valence-electron chi connectivity index (χ0n) is 21.2. The molecule has 0 radical (unpaired) electrons. The fourth-order valence-corrected chi connectivity index (χ4v) is 5.87. The van der Waals surface area contributed by atoms with Crippen molar-refractivity contribution in [2.24, 2.45) is 11.8 Å². The molecule has 0 spiro atoms. The molecule has 4 aromatic rings. The first-order valence-electron chi connectivity index (χ1n) is 13.3.